The summed E-state index contributed by atoms with van der Waals surface area (Å²) in [5.74, 6) is 1.42. The molecule has 2 heterocycles. The van der Waals surface area contributed by atoms with Gasteiger partial charge < -0.3 is 16.2 Å². The fourth-order valence-electron chi connectivity index (χ4n) is 8.74. The number of unbranched alkanes of at least 4 members (excludes halogenated alkanes) is 4. The van der Waals surface area contributed by atoms with Crippen LogP contribution in [0.5, 0.6) is 0 Å². The molecule has 8 aromatic rings. The first kappa shape index (κ1) is 66.9. The number of nitrogen functional groups attached to an aromatic ring is 1. The van der Waals surface area contributed by atoms with Crippen molar-refractivity contribution in [2.75, 3.05) is 11.1 Å². The number of rotatable bonds is 20. The molecule has 0 aliphatic carbocycles. The zero-order valence-electron chi connectivity index (χ0n) is 49.3. The maximum absolute atomic E-state index is 12.5. The van der Waals surface area contributed by atoms with Gasteiger partial charge in [0.25, 0.3) is 5.91 Å². The molecule has 2 aromatic heterocycles. The average Bonchev–Trinajstić information content (AvgIpc) is 3.52. The number of aldehydes is 1. The van der Waals surface area contributed by atoms with Crippen LogP contribution >= 0.6 is 0 Å². The summed E-state index contributed by atoms with van der Waals surface area (Å²) in [6.07, 6.45) is 19.2. The van der Waals surface area contributed by atoms with Crippen LogP contribution in [0.3, 0.4) is 0 Å². The summed E-state index contributed by atoms with van der Waals surface area (Å²) in [4.78, 5) is 42.1. The summed E-state index contributed by atoms with van der Waals surface area (Å²) in [7, 11) is 3.75. The van der Waals surface area contributed by atoms with E-state index in [2.05, 4.69) is 134 Å². The van der Waals surface area contributed by atoms with Gasteiger partial charge >= 0.3 is 5.97 Å². The van der Waals surface area contributed by atoms with Gasteiger partial charge in [0, 0.05) is 61.4 Å². The first-order valence-electron chi connectivity index (χ1n) is 28.7. The molecular formula is C69H87BN4O4U. The first-order valence-corrected chi connectivity index (χ1v) is 28.1. The number of para-hydroxylation sites is 2. The molecule has 6 aromatic carbocycles. The zero-order chi connectivity index (χ0) is 57.8. The normalized spacial score (nSPS) is 11.8. The second-order valence-corrected chi connectivity index (χ2v) is 20.2. The number of nitrogens with two attached hydrogens (primary N) is 1. The SMILES string of the molecule is CCCCC(C)c1ccc(C(=O)Nc2cnc3ccccc3c2)cc1.CCCCC(C)c1ccc(C(=O)O)cc1.CCCCC(C)c1ccc(C=O)cc1.CCCCC(C)c1ccccc1.Nc1cnc2ccccc2c1.[3H][B].[U]. The van der Waals surface area contributed by atoms with Gasteiger partial charge in [-0.2, -0.15) is 0 Å². The van der Waals surface area contributed by atoms with Crippen LogP contribution in [0.15, 0.2) is 176 Å². The molecule has 2 radical (unpaired) electrons. The maximum Gasteiger partial charge on any atom is 0.335 e. The van der Waals surface area contributed by atoms with Crippen molar-refractivity contribution in [2.24, 2.45) is 0 Å². The van der Waals surface area contributed by atoms with Crippen LogP contribution in [0.25, 0.3) is 21.8 Å². The Morgan fingerprint density at radius 2 is 0.899 bits per heavy atom. The van der Waals surface area contributed by atoms with E-state index in [1.807, 2.05) is 97.1 Å². The van der Waals surface area contributed by atoms with E-state index in [-0.39, 0.29) is 37.0 Å². The van der Waals surface area contributed by atoms with E-state index in [1.54, 1.807) is 24.5 Å². The monoisotopic (exact) mass is 1290 g/mol. The van der Waals surface area contributed by atoms with E-state index in [0.717, 1.165) is 39.6 Å². The third kappa shape index (κ3) is 25.1. The van der Waals surface area contributed by atoms with Crippen molar-refractivity contribution >= 4 is 59.7 Å². The van der Waals surface area contributed by atoms with Crippen LogP contribution in [0.1, 0.15) is 209 Å². The Morgan fingerprint density at radius 3 is 1.32 bits per heavy atom. The molecule has 4 unspecified atom stereocenters. The van der Waals surface area contributed by atoms with Gasteiger partial charge in [0.15, 0.2) is 0 Å². The molecule has 10 heteroatoms. The standard InChI is InChI=1S/C22H24N2O.C13H18O2.C13H18O.C12H18.C9H8N2.BH.U/c1-3-4-7-16(2)17-10-12-18(13-11-17)22(25)24-20-14-19-8-5-6-9-21(19)23-15-20;1-3-4-5-10(2)11-6-8-12(9-7-11)13(14)15;1-3-4-5-11(2)13-8-6-12(10-14)7-9-13;1-3-4-8-11(2)12-9-6-5-7-10-12;10-8-5-7-3-1-2-4-9(7)11-6-8;;/h5-6,8-16H,3-4,7H2,1-2H3,(H,24,25);6-10H,3-5H2,1-2H3,(H,14,15);6-11H,3-5H2,1-2H3;5-7,9-11H,3-4,8H2,1-2H3;1-6H,10H2;1H;/i;;;;;1T;. The van der Waals surface area contributed by atoms with Gasteiger partial charge in [-0.15, -0.1) is 0 Å². The van der Waals surface area contributed by atoms with Gasteiger partial charge in [-0.05, 0) is 121 Å². The number of carbonyl (C=O) groups is 3. The van der Waals surface area contributed by atoms with Gasteiger partial charge in [-0.25, -0.2) is 4.79 Å². The van der Waals surface area contributed by atoms with E-state index in [4.69, 9.17) is 12.2 Å². The van der Waals surface area contributed by atoms with Crippen molar-refractivity contribution in [3.63, 3.8) is 0 Å². The number of nitrogens with zero attached hydrogens (tertiary/aromatic N) is 2. The predicted molar refractivity (Wildman–Crippen MR) is 333 cm³/mol. The van der Waals surface area contributed by atoms with Crippen LogP contribution < -0.4 is 11.1 Å². The number of carbonyl (C=O) groups excluding carboxylic acids is 2. The Labute approximate surface area is 500 Å². The smallest absolute Gasteiger partial charge is 0.335 e. The Morgan fingerprint density at radius 1 is 0.532 bits per heavy atom. The molecule has 8 rings (SSSR count). The van der Waals surface area contributed by atoms with Crippen LogP contribution in [-0.2, 0) is 0 Å². The van der Waals surface area contributed by atoms with Crippen molar-refractivity contribution in [3.05, 3.63) is 215 Å². The third-order valence-electron chi connectivity index (χ3n) is 13.9. The largest absolute Gasteiger partial charge is 0.478 e. The van der Waals surface area contributed by atoms with Crippen molar-refractivity contribution < 1.29 is 50.6 Å². The molecule has 0 saturated carbocycles. The maximum atomic E-state index is 12.5. The number of amides is 1. The van der Waals surface area contributed by atoms with Crippen molar-refractivity contribution in [1.82, 2.24) is 9.97 Å². The number of fused-ring (bicyclic) bond motifs is 2. The fourth-order valence-corrected chi connectivity index (χ4v) is 8.74. The molecule has 0 fully saturated rings. The predicted octanol–water partition coefficient (Wildman–Crippen LogP) is 18.4. The van der Waals surface area contributed by atoms with E-state index in [9.17, 15) is 14.4 Å². The van der Waals surface area contributed by atoms with Crippen LogP contribution in [0.4, 0.5) is 11.4 Å². The number of pyridine rings is 2. The number of aromatic nitrogens is 2. The molecule has 0 saturated heterocycles. The minimum atomic E-state index is -0.859. The summed E-state index contributed by atoms with van der Waals surface area (Å²) in [6.45, 7) is 17.8. The Balaban J connectivity index is 0.000000350. The van der Waals surface area contributed by atoms with Gasteiger partial charge in [-0.1, -0.05) is 222 Å². The van der Waals surface area contributed by atoms with E-state index >= 15 is 0 Å². The Kier molecular flexibility index (Phi) is 33.1. The number of aromatic carboxylic acids is 1. The molecule has 0 spiro atoms. The molecule has 79 heavy (non-hydrogen) atoms. The quantitative estimate of drug-likeness (QED) is 0.0511. The Bertz CT molecular complexity index is 2940. The molecule has 4 N–H and O–H groups in total. The van der Waals surface area contributed by atoms with Crippen LogP contribution in [-0.4, -0.2) is 42.9 Å². The fraction of sp³-hybridized carbons (Fsp3) is 0.348. The van der Waals surface area contributed by atoms with E-state index < -0.39 is 5.97 Å². The van der Waals surface area contributed by atoms with Crippen molar-refractivity contribution in [2.45, 2.75) is 156 Å². The number of nitrogens with one attached hydrogen (secondary N) is 1. The molecule has 0 aliphatic heterocycles. The van der Waals surface area contributed by atoms with E-state index in [0.29, 0.717) is 40.3 Å². The molecule has 4 atom stereocenters. The topological polar surface area (TPSA) is 135 Å². The van der Waals surface area contributed by atoms with Gasteiger partial charge in [-0.3, -0.25) is 19.6 Å². The average molecular weight is 1290 g/mol. The molecule has 1 amide bonds. The molecule has 0 bridgehead atoms. The summed E-state index contributed by atoms with van der Waals surface area (Å²) >= 11 is 0. The Hall–Kier alpha value is -6.33. The second-order valence-electron chi connectivity index (χ2n) is 20.2. The minimum Gasteiger partial charge on any atom is -0.478 e. The molecule has 0 aliphatic rings. The van der Waals surface area contributed by atoms with Gasteiger partial charge in [0.05, 0.1) is 40.4 Å². The summed E-state index contributed by atoms with van der Waals surface area (Å²) in [5.41, 5.74) is 16.0. The first-order chi connectivity index (χ1) is 38.3. The van der Waals surface area contributed by atoms with Gasteiger partial charge in [0.1, 0.15) is 6.29 Å². The van der Waals surface area contributed by atoms with Crippen LogP contribution in [0.2, 0.25) is 0 Å². The molecule has 8 nitrogen and oxygen atoms in total. The number of carboxylic acids is 1. The number of benzene rings is 6. The number of hydrogen-bond acceptors (Lipinski definition) is 6. The number of carboxylic acid groups (broad SMARTS) is 1. The van der Waals surface area contributed by atoms with E-state index in [1.165, 1.54) is 99.3 Å². The summed E-state index contributed by atoms with van der Waals surface area (Å²) in [6, 6.07) is 53.5. The zero-order valence-corrected chi connectivity index (χ0v) is 52.5. The minimum absolute atomic E-state index is 0. The third-order valence-corrected chi connectivity index (χ3v) is 13.9. The van der Waals surface area contributed by atoms with Crippen LogP contribution in [0, 0.1) is 31.1 Å². The van der Waals surface area contributed by atoms with Crippen molar-refractivity contribution in [1.29, 1.82) is 1.34 Å². The number of hydrogen-bond donors (Lipinski definition) is 3. The summed E-state index contributed by atoms with van der Waals surface area (Å²) < 4.78 is 5.25. The molecule has 414 valence electrons. The second kappa shape index (κ2) is 39.1. The van der Waals surface area contributed by atoms with Gasteiger partial charge in [0.2, 0.25) is 0 Å². The number of anilines is 2. The molecular weight excluding hydrogens is 1200 g/mol. The van der Waals surface area contributed by atoms with Crippen molar-refractivity contribution in [3.8, 4) is 0 Å². The summed E-state index contributed by atoms with van der Waals surface area (Å²) in [5, 5.41) is 13.8.